The second-order valence-corrected chi connectivity index (χ2v) is 16.6. The molecule has 0 aromatic carbocycles. The van der Waals surface area contributed by atoms with E-state index in [1.807, 2.05) is 70.6 Å². The van der Waals surface area contributed by atoms with Gasteiger partial charge in [-0.3, -0.25) is 18.6 Å². The summed E-state index contributed by atoms with van der Waals surface area (Å²) in [6, 6.07) is 0. The highest BCUT2D eigenvalue weighted by Crippen LogP contribution is 2.43. The topological polar surface area (TPSA) is 129 Å². The molecule has 11 heteroatoms. The number of phosphoric acid groups is 1. The van der Waals surface area contributed by atoms with E-state index in [0.29, 0.717) is 36.7 Å². The van der Waals surface area contributed by atoms with Gasteiger partial charge in [-0.2, -0.15) is 0 Å². The highest BCUT2D eigenvalue weighted by Gasteiger charge is 2.27. The molecule has 0 bridgehead atoms. The van der Waals surface area contributed by atoms with E-state index in [-0.39, 0.29) is 32.2 Å². The third-order valence-electron chi connectivity index (χ3n) is 8.35. The number of quaternary nitrogens is 1. The van der Waals surface area contributed by atoms with E-state index < -0.39 is 32.5 Å². The third kappa shape index (κ3) is 44.0. The first-order chi connectivity index (χ1) is 29.4. The number of carbonyl (C=O) groups excluding carboxylic acids is 2. The van der Waals surface area contributed by atoms with Gasteiger partial charge < -0.3 is 24.0 Å². The molecule has 0 saturated heterocycles. The Hall–Kier alpha value is -3.89. The lowest BCUT2D eigenvalue weighted by molar-refractivity contribution is -0.870. The van der Waals surface area contributed by atoms with Crippen molar-refractivity contribution in [3.8, 4) is 0 Å². The molecule has 0 aliphatic heterocycles. The number of likely N-dealkylation sites (N-methyl/N-ethyl adjacent to an activating group) is 1. The monoisotopic (exact) mass is 869 g/mol. The van der Waals surface area contributed by atoms with Crippen LogP contribution >= 0.6 is 7.82 Å². The van der Waals surface area contributed by atoms with Gasteiger partial charge in [0.05, 0.1) is 33.9 Å². The van der Waals surface area contributed by atoms with Gasteiger partial charge in [0.15, 0.2) is 6.10 Å². The van der Waals surface area contributed by atoms with Crippen LogP contribution in [0.4, 0.5) is 0 Å². The predicted molar refractivity (Wildman–Crippen MR) is 253 cm³/mol. The standard InChI is InChI=1S/C50H78NO9P/c1-6-8-9-10-11-12-13-14-15-16-17-18-19-24-27-30-33-36-39-42-50(54)60-48(46-59-61(55,56)58-44-43-51(3,4)5)45-57-49(53)41-38-35-32-29-26-23-21-20-22-25-28-31-34-37-40-47(52)7-2/h8-9,11-12,14-15,17-18,21-25,27,29,31-34,36-37,40,47-48,52H,6-7,10,13,16,19-20,26,28,30,35,38-39,41-46H2,1-5H3/p+1/b9-8-,12-11-,15-14-,18-17-,23-21-,25-22-,27-24-,32-29-,34-31-,36-33-,40-37+/t47-,48+/m0/s1. The first-order valence-electron chi connectivity index (χ1n) is 22.0. The lowest BCUT2D eigenvalue weighted by atomic mass is 10.2. The molecule has 0 spiro atoms. The number of hydrogen-bond acceptors (Lipinski definition) is 8. The highest BCUT2D eigenvalue weighted by molar-refractivity contribution is 7.47. The number of ether oxygens (including phenoxy) is 2. The lowest BCUT2D eigenvalue weighted by Crippen LogP contribution is -2.37. The minimum absolute atomic E-state index is 0.00550. The molecule has 0 aliphatic rings. The van der Waals surface area contributed by atoms with Crippen LogP contribution in [0.3, 0.4) is 0 Å². The summed E-state index contributed by atoms with van der Waals surface area (Å²) < 4.78 is 34.1. The molecule has 0 amide bonds. The molecule has 10 nitrogen and oxygen atoms in total. The second kappa shape index (κ2) is 40.2. The fourth-order valence-corrected chi connectivity index (χ4v) is 5.53. The van der Waals surface area contributed by atoms with E-state index in [9.17, 15) is 24.2 Å². The number of aliphatic hydroxyl groups is 1. The Morgan fingerprint density at radius 2 is 1.07 bits per heavy atom. The maximum atomic E-state index is 12.7. The Bertz CT molecular complexity index is 1510. The van der Waals surface area contributed by atoms with Crippen molar-refractivity contribution in [1.82, 2.24) is 0 Å². The molecule has 3 atom stereocenters. The molecule has 0 fully saturated rings. The summed E-state index contributed by atoms with van der Waals surface area (Å²) in [5.74, 6) is -1.00. The van der Waals surface area contributed by atoms with Crippen LogP contribution < -0.4 is 0 Å². The summed E-state index contributed by atoms with van der Waals surface area (Å²) in [5, 5.41) is 9.48. The van der Waals surface area contributed by atoms with Crippen molar-refractivity contribution in [2.24, 2.45) is 0 Å². The number of allylic oxidation sites excluding steroid dienone is 21. The van der Waals surface area contributed by atoms with Gasteiger partial charge >= 0.3 is 19.8 Å². The lowest BCUT2D eigenvalue weighted by Gasteiger charge is -2.24. The molecule has 342 valence electrons. The van der Waals surface area contributed by atoms with Crippen molar-refractivity contribution >= 4 is 19.8 Å². The molecule has 0 rings (SSSR count). The van der Waals surface area contributed by atoms with E-state index >= 15 is 0 Å². The molecule has 0 heterocycles. The SMILES string of the molecule is CC/C=C\C/C=C\C/C=C\C/C=C\C/C=C\C/C=C\CCC(=O)O[C@H](COC(=O)CCC/C=C\C/C=C\C/C=C\C/C=C\C=C\[C@@H](O)CC)COP(=O)(O)OCC[N+](C)(C)C. The fraction of sp³-hybridized carbons (Fsp3) is 0.520. The number of carbonyl (C=O) groups is 2. The van der Waals surface area contributed by atoms with Gasteiger partial charge in [0.2, 0.25) is 0 Å². The van der Waals surface area contributed by atoms with Gasteiger partial charge in [0, 0.05) is 12.8 Å². The Morgan fingerprint density at radius 1 is 0.590 bits per heavy atom. The van der Waals surface area contributed by atoms with Crippen LogP contribution in [0.25, 0.3) is 0 Å². The van der Waals surface area contributed by atoms with Crippen LogP contribution in [0.5, 0.6) is 0 Å². The van der Waals surface area contributed by atoms with E-state index in [2.05, 4.69) is 92.0 Å². The van der Waals surface area contributed by atoms with Crippen molar-refractivity contribution < 1.29 is 47.2 Å². The molecule has 0 saturated carbocycles. The molecule has 0 aromatic rings. The normalized spacial score (nSPS) is 15.3. The van der Waals surface area contributed by atoms with Crippen LogP contribution in [0, 0.1) is 0 Å². The molecule has 61 heavy (non-hydrogen) atoms. The number of hydrogen-bond donors (Lipinski definition) is 2. The molecule has 0 aromatic heterocycles. The summed E-state index contributed by atoms with van der Waals surface area (Å²) in [6.07, 6.45) is 54.8. The fourth-order valence-electron chi connectivity index (χ4n) is 4.79. The second-order valence-electron chi connectivity index (χ2n) is 15.2. The number of rotatable bonds is 37. The van der Waals surface area contributed by atoms with Gasteiger partial charge in [-0.05, 0) is 83.5 Å². The van der Waals surface area contributed by atoms with E-state index in [0.717, 1.165) is 57.8 Å². The summed E-state index contributed by atoms with van der Waals surface area (Å²) >= 11 is 0. The Labute approximate surface area is 369 Å². The molecular weight excluding hydrogens is 790 g/mol. The third-order valence-corrected chi connectivity index (χ3v) is 9.33. The van der Waals surface area contributed by atoms with Crippen LogP contribution in [0.1, 0.15) is 110 Å². The number of phosphoric ester groups is 1. The maximum Gasteiger partial charge on any atom is 0.472 e. The average molecular weight is 869 g/mol. The van der Waals surface area contributed by atoms with Crippen molar-refractivity contribution in [3.05, 3.63) is 134 Å². The molecular formula is C50H79NO9P+. The molecule has 0 radical (unpaired) electrons. The smallest absolute Gasteiger partial charge is 0.462 e. The first kappa shape index (κ1) is 57.1. The van der Waals surface area contributed by atoms with Crippen molar-refractivity contribution in [2.75, 3.05) is 47.5 Å². The molecule has 0 aliphatic carbocycles. The molecule has 1 unspecified atom stereocenters. The van der Waals surface area contributed by atoms with E-state index in [1.165, 1.54) is 0 Å². The minimum Gasteiger partial charge on any atom is -0.462 e. The first-order valence-corrected chi connectivity index (χ1v) is 23.5. The quantitative estimate of drug-likeness (QED) is 0.0157. The number of esters is 2. The van der Waals surface area contributed by atoms with E-state index in [1.54, 1.807) is 6.08 Å². The van der Waals surface area contributed by atoms with Gasteiger partial charge in [0.1, 0.15) is 19.8 Å². The maximum absolute atomic E-state index is 12.7. The predicted octanol–water partition coefficient (Wildman–Crippen LogP) is 11.7. The van der Waals surface area contributed by atoms with Crippen molar-refractivity contribution in [3.63, 3.8) is 0 Å². The van der Waals surface area contributed by atoms with Crippen LogP contribution in [-0.2, 0) is 32.7 Å². The van der Waals surface area contributed by atoms with Crippen LogP contribution in [0.2, 0.25) is 0 Å². The van der Waals surface area contributed by atoms with Crippen molar-refractivity contribution in [1.29, 1.82) is 0 Å². The van der Waals surface area contributed by atoms with Gasteiger partial charge in [-0.25, -0.2) is 4.57 Å². The van der Waals surface area contributed by atoms with Gasteiger partial charge in [0.25, 0.3) is 0 Å². The number of unbranched alkanes of at least 4 members (excludes halogenated alkanes) is 1. The number of aliphatic hydroxyl groups excluding tert-OH is 1. The van der Waals surface area contributed by atoms with Crippen LogP contribution in [0.15, 0.2) is 134 Å². The van der Waals surface area contributed by atoms with Crippen LogP contribution in [-0.4, -0.2) is 86.1 Å². The zero-order valence-corrected chi connectivity index (χ0v) is 38.8. The summed E-state index contributed by atoms with van der Waals surface area (Å²) in [7, 11) is 1.35. The Morgan fingerprint density at radius 3 is 1.56 bits per heavy atom. The van der Waals surface area contributed by atoms with E-state index in [4.69, 9.17) is 18.5 Å². The number of nitrogens with zero attached hydrogens (tertiary/aromatic N) is 1. The summed E-state index contributed by atoms with van der Waals surface area (Å²) in [4.78, 5) is 35.3. The van der Waals surface area contributed by atoms with Gasteiger partial charge in [-0.15, -0.1) is 0 Å². The zero-order valence-electron chi connectivity index (χ0n) is 37.9. The Kier molecular flexibility index (Phi) is 37.6. The summed E-state index contributed by atoms with van der Waals surface area (Å²) in [5.41, 5.74) is 0. The van der Waals surface area contributed by atoms with Crippen molar-refractivity contribution in [2.45, 2.75) is 122 Å². The largest absolute Gasteiger partial charge is 0.472 e. The highest BCUT2D eigenvalue weighted by atomic mass is 31.2. The van der Waals surface area contributed by atoms with Gasteiger partial charge in [-0.1, -0.05) is 148 Å². The zero-order chi connectivity index (χ0) is 45.1. The average Bonchev–Trinajstić information content (AvgIpc) is 3.21. The molecule has 2 N–H and O–H groups in total. The summed E-state index contributed by atoms with van der Waals surface area (Å²) in [6.45, 7) is 3.77. The Balaban J connectivity index is 4.63. The minimum atomic E-state index is -4.43.